The molecule has 2 aromatic carbocycles. The molecule has 0 N–H and O–H groups in total. The van der Waals surface area contributed by atoms with Gasteiger partial charge in [0.1, 0.15) is 0 Å². The van der Waals surface area contributed by atoms with E-state index in [1.54, 1.807) is 0 Å². The molecule has 0 radical (unpaired) electrons. The molecule has 0 amide bonds. The normalized spacial score (nSPS) is 27.3. The van der Waals surface area contributed by atoms with E-state index in [2.05, 4.69) is 74.5 Å². The second-order valence-corrected chi connectivity index (χ2v) is 7.93. The maximum atomic E-state index is 6.72. The van der Waals surface area contributed by atoms with Crippen molar-refractivity contribution in [2.24, 2.45) is 11.8 Å². The van der Waals surface area contributed by atoms with Crippen LogP contribution in [0.25, 0.3) is 0 Å². The molecule has 2 bridgehead atoms. The van der Waals surface area contributed by atoms with Gasteiger partial charge in [0.15, 0.2) is 0 Å². The van der Waals surface area contributed by atoms with E-state index < -0.39 is 0 Å². The number of hydrogen-bond donors (Lipinski definition) is 0. The molecule has 1 nitrogen and oxygen atoms in total. The van der Waals surface area contributed by atoms with Gasteiger partial charge in [0, 0.05) is 5.41 Å². The summed E-state index contributed by atoms with van der Waals surface area (Å²) < 4.78 is 6.72. The lowest BCUT2D eigenvalue weighted by Gasteiger charge is -2.39. The number of ether oxygens (including phenoxy) is 1. The molecule has 2 aliphatic rings. The van der Waals surface area contributed by atoms with E-state index >= 15 is 0 Å². The summed E-state index contributed by atoms with van der Waals surface area (Å²) in [6.45, 7) is 4.61. The maximum absolute atomic E-state index is 6.72. The van der Waals surface area contributed by atoms with Gasteiger partial charge in [-0.15, -0.1) is 0 Å². The summed E-state index contributed by atoms with van der Waals surface area (Å²) in [5, 5.41) is 0. The molecule has 0 heterocycles. The molecule has 2 saturated carbocycles. The van der Waals surface area contributed by atoms with Crippen molar-refractivity contribution in [1.82, 2.24) is 0 Å². The summed E-state index contributed by atoms with van der Waals surface area (Å²) in [5.41, 5.74) is 2.56. The standard InChI is InChI=1S/C23H28O/c1-17(24-22-16-18-13-14-19(22)15-18)23(2,20-9-5-3-6-10-20)21-11-7-4-8-12-21/h3-12,17-19,22H,13-16H2,1-2H3. The van der Waals surface area contributed by atoms with Gasteiger partial charge < -0.3 is 4.74 Å². The molecule has 126 valence electrons. The molecule has 4 unspecified atom stereocenters. The van der Waals surface area contributed by atoms with Crippen LogP contribution in [0, 0.1) is 11.8 Å². The number of benzene rings is 2. The van der Waals surface area contributed by atoms with Crippen molar-refractivity contribution in [3.8, 4) is 0 Å². The molecule has 0 spiro atoms. The topological polar surface area (TPSA) is 9.23 Å². The van der Waals surface area contributed by atoms with Crippen LogP contribution in [0.4, 0.5) is 0 Å². The number of rotatable bonds is 5. The van der Waals surface area contributed by atoms with Gasteiger partial charge in [-0.25, -0.2) is 0 Å². The SMILES string of the molecule is CC(OC1CC2CCC1C2)C(C)(c1ccccc1)c1ccccc1. The van der Waals surface area contributed by atoms with Crippen molar-refractivity contribution in [2.75, 3.05) is 0 Å². The van der Waals surface area contributed by atoms with Gasteiger partial charge in [-0.2, -0.15) is 0 Å². The van der Waals surface area contributed by atoms with Crippen LogP contribution in [0.15, 0.2) is 60.7 Å². The minimum Gasteiger partial charge on any atom is -0.374 e. The van der Waals surface area contributed by atoms with Crippen LogP contribution >= 0.6 is 0 Å². The number of hydrogen-bond acceptors (Lipinski definition) is 1. The first kappa shape index (κ1) is 15.9. The summed E-state index contributed by atoms with van der Waals surface area (Å²) in [7, 11) is 0. The highest BCUT2D eigenvalue weighted by Gasteiger charge is 2.44. The van der Waals surface area contributed by atoms with Crippen LogP contribution in [0.1, 0.15) is 50.7 Å². The highest BCUT2D eigenvalue weighted by Crippen LogP contribution is 2.47. The molecule has 2 fully saturated rings. The lowest BCUT2D eigenvalue weighted by Crippen LogP contribution is -2.41. The third-order valence-corrected chi connectivity index (χ3v) is 6.61. The van der Waals surface area contributed by atoms with E-state index in [1.165, 1.54) is 36.8 Å². The van der Waals surface area contributed by atoms with Gasteiger partial charge in [0.2, 0.25) is 0 Å². The smallest absolute Gasteiger partial charge is 0.0685 e. The first-order valence-electron chi connectivity index (χ1n) is 9.44. The molecule has 0 aromatic heterocycles. The van der Waals surface area contributed by atoms with Crippen molar-refractivity contribution in [3.63, 3.8) is 0 Å². The predicted octanol–water partition coefficient (Wildman–Crippen LogP) is 5.59. The second kappa shape index (κ2) is 6.37. The minimum atomic E-state index is -0.121. The van der Waals surface area contributed by atoms with Gasteiger partial charge in [0.05, 0.1) is 12.2 Å². The Bertz CT molecular complexity index is 623. The fourth-order valence-corrected chi connectivity index (χ4v) is 4.96. The highest BCUT2D eigenvalue weighted by atomic mass is 16.5. The predicted molar refractivity (Wildman–Crippen MR) is 99.1 cm³/mol. The van der Waals surface area contributed by atoms with Crippen molar-refractivity contribution >= 4 is 0 Å². The van der Waals surface area contributed by atoms with Gasteiger partial charge in [-0.3, -0.25) is 0 Å². The summed E-state index contributed by atoms with van der Waals surface area (Å²) in [5.74, 6) is 1.72. The molecular formula is C23H28O. The monoisotopic (exact) mass is 320 g/mol. The zero-order valence-electron chi connectivity index (χ0n) is 14.8. The van der Waals surface area contributed by atoms with Gasteiger partial charge in [0.25, 0.3) is 0 Å². The fraction of sp³-hybridized carbons (Fsp3) is 0.478. The fourth-order valence-electron chi connectivity index (χ4n) is 4.96. The van der Waals surface area contributed by atoms with Crippen molar-refractivity contribution in [3.05, 3.63) is 71.8 Å². The van der Waals surface area contributed by atoms with Crippen LogP contribution < -0.4 is 0 Å². The average molecular weight is 320 g/mol. The first-order valence-corrected chi connectivity index (χ1v) is 9.44. The zero-order chi connectivity index (χ0) is 16.6. The quantitative estimate of drug-likeness (QED) is 0.698. The Morgan fingerprint density at radius 3 is 1.92 bits per heavy atom. The van der Waals surface area contributed by atoms with E-state index in [1.807, 2.05) is 0 Å². The minimum absolute atomic E-state index is 0.121. The largest absolute Gasteiger partial charge is 0.374 e. The molecule has 4 rings (SSSR count). The van der Waals surface area contributed by atoms with Crippen LogP contribution in [0.5, 0.6) is 0 Å². The zero-order valence-corrected chi connectivity index (χ0v) is 14.8. The van der Waals surface area contributed by atoms with Crippen LogP contribution in [0.2, 0.25) is 0 Å². The van der Waals surface area contributed by atoms with E-state index in [0.29, 0.717) is 6.10 Å². The third-order valence-electron chi connectivity index (χ3n) is 6.61. The molecule has 2 aliphatic carbocycles. The number of fused-ring (bicyclic) bond motifs is 2. The van der Waals surface area contributed by atoms with Crippen LogP contribution in [-0.4, -0.2) is 12.2 Å². The summed E-state index contributed by atoms with van der Waals surface area (Å²) in [6, 6.07) is 21.7. The molecule has 0 saturated heterocycles. The Hall–Kier alpha value is -1.60. The second-order valence-electron chi connectivity index (χ2n) is 7.93. The molecule has 1 heteroatoms. The first-order chi connectivity index (χ1) is 11.7. The lowest BCUT2D eigenvalue weighted by atomic mass is 9.72. The molecule has 0 aliphatic heterocycles. The Kier molecular flexibility index (Phi) is 4.22. The van der Waals surface area contributed by atoms with Gasteiger partial charge >= 0.3 is 0 Å². The van der Waals surface area contributed by atoms with Crippen molar-refractivity contribution in [1.29, 1.82) is 0 Å². The Balaban J connectivity index is 1.65. The molecule has 4 atom stereocenters. The van der Waals surface area contributed by atoms with Crippen molar-refractivity contribution < 1.29 is 4.74 Å². The van der Waals surface area contributed by atoms with Crippen LogP contribution in [-0.2, 0) is 10.2 Å². The summed E-state index contributed by atoms with van der Waals surface area (Å²) in [4.78, 5) is 0. The maximum Gasteiger partial charge on any atom is 0.0685 e. The highest BCUT2D eigenvalue weighted by molar-refractivity contribution is 5.39. The molecular weight excluding hydrogens is 292 g/mol. The molecule has 24 heavy (non-hydrogen) atoms. The van der Waals surface area contributed by atoms with Gasteiger partial charge in [-0.05, 0) is 62.5 Å². The summed E-state index contributed by atoms with van der Waals surface area (Å²) in [6.07, 6.45) is 6.08. The Morgan fingerprint density at radius 1 is 0.875 bits per heavy atom. The Labute approximate surface area is 146 Å². The van der Waals surface area contributed by atoms with Crippen molar-refractivity contribution in [2.45, 2.75) is 57.2 Å². The lowest BCUT2D eigenvalue weighted by molar-refractivity contribution is -0.0555. The third kappa shape index (κ3) is 2.69. The van der Waals surface area contributed by atoms with Gasteiger partial charge in [-0.1, -0.05) is 60.7 Å². The Morgan fingerprint density at radius 2 is 1.46 bits per heavy atom. The van der Waals surface area contributed by atoms with E-state index in [9.17, 15) is 0 Å². The van der Waals surface area contributed by atoms with E-state index in [0.717, 1.165) is 11.8 Å². The summed E-state index contributed by atoms with van der Waals surface area (Å²) >= 11 is 0. The molecule has 2 aromatic rings. The van der Waals surface area contributed by atoms with Crippen LogP contribution in [0.3, 0.4) is 0 Å². The van der Waals surface area contributed by atoms with E-state index in [-0.39, 0.29) is 11.5 Å². The van der Waals surface area contributed by atoms with E-state index in [4.69, 9.17) is 4.74 Å². The average Bonchev–Trinajstić information content (AvgIpc) is 3.25.